The number of hydrogen-bond donors (Lipinski definition) is 2. The van der Waals surface area contributed by atoms with E-state index in [2.05, 4.69) is 4.98 Å². The lowest BCUT2D eigenvalue weighted by molar-refractivity contribution is -0.117. The summed E-state index contributed by atoms with van der Waals surface area (Å²) in [5, 5.41) is 2.85. The fraction of sp³-hybridized carbons (Fsp3) is 0.333. The van der Waals surface area contributed by atoms with Crippen LogP contribution in [0.15, 0.2) is 34.2 Å². The van der Waals surface area contributed by atoms with Crippen LogP contribution < -0.4 is 16.6 Å². The summed E-state index contributed by atoms with van der Waals surface area (Å²) in [6.45, 7) is 2.15. The average Bonchev–Trinajstić information content (AvgIpc) is 2.52. The van der Waals surface area contributed by atoms with Gasteiger partial charge in [-0.1, -0.05) is 23.9 Å². The summed E-state index contributed by atoms with van der Waals surface area (Å²) in [4.78, 5) is 39.5. The third kappa shape index (κ3) is 4.12. The summed E-state index contributed by atoms with van der Waals surface area (Å²) in [6.07, 6.45) is 0. The highest BCUT2D eigenvalue weighted by Gasteiger charge is 2.17. The van der Waals surface area contributed by atoms with Crippen LogP contribution in [0.1, 0.15) is 13.0 Å². The lowest BCUT2D eigenvalue weighted by Crippen LogP contribution is -2.36. The summed E-state index contributed by atoms with van der Waals surface area (Å²) in [6, 6.07) is 5.80. The molecule has 1 atom stereocenters. The van der Waals surface area contributed by atoms with Crippen molar-refractivity contribution in [3.05, 3.63) is 34.6 Å². The van der Waals surface area contributed by atoms with Gasteiger partial charge in [0.25, 0.3) is 5.56 Å². The number of primary amides is 1. The normalized spacial score (nSPS) is 12.1. The van der Waals surface area contributed by atoms with Crippen LogP contribution >= 0.6 is 11.8 Å². The number of urea groups is 1. The van der Waals surface area contributed by atoms with Gasteiger partial charge in [-0.15, -0.1) is 0 Å². The van der Waals surface area contributed by atoms with E-state index in [9.17, 15) is 14.4 Å². The van der Waals surface area contributed by atoms with Crippen molar-refractivity contribution in [1.82, 2.24) is 14.9 Å². The second kappa shape index (κ2) is 7.93. The molecule has 0 aliphatic heterocycles. The Morgan fingerprint density at radius 3 is 2.79 bits per heavy atom. The number of ether oxygens (including phenoxy) is 1. The average molecular weight is 350 g/mol. The number of amides is 3. The third-order valence-corrected chi connectivity index (χ3v) is 4.17. The van der Waals surface area contributed by atoms with Gasteiger partial charge in [0, 0.05) is 7.11 Å². The lowest BCUT2D eigenvalue weighted by Gasteiger charge is -2.18. The smallest absolute Gasteiger partial charge is 0.318 e. The number of rotatable bonds is 6. The molecule has 3 N–H and O–H groups in total. The maximum absolute atomic E-state index is 12.8. The van der Waals surface area contributed by atoms with Crippen LogP contribution in [0, 0.1) is 0 Å². The van der Waals surface area contributed by atoms with E-state index in [0.29, 0.717) is 22.7 Å². The van der Waals surface area contributed by atoms with Crippen molar-refractivity contribution in [2.24, 2.45) is 5.73 Å². The first-order chi connectivity index (χ1) is 11.4. The standard InChI is InChI=1S/C15H18N4O4S/c1-9(7-23-2)19-13(21)10-5-3-4-6-11(10)17-15(19)24-8-12(20)18-14(16)22/h3-6,9H,7-8H2,1-2H3,(H3,16,18,20,22). The quantitative estimate of drug-likeness (QED) is 0.590. The van der Waals surface area contributed by atoms with Gasteiger partial charge in [0.2, 0.25) is 5.91 Å². The molecule has 2 aromatic rings. The molecular weight excluding hydrogens is 332 g/mol. The van der Waals surface area contributed by atoms with Gasteiger partial charge >= 0.3 is 6.03 Å². The van der Waals surface area contributed by atoms with Gasteiger partial charge in [0.05, 0.1) is 29.3 Å². The molecule has 128 valence electrons. The van der Waals surface area contributed by atoms with Gasteiger partial charge < -0.3 is 10.5 Å². The number of hydrogen-bond acceptors (Lipinski definition) is 6. The molecule has 3 amide bonds. The predicted molar refractivity (Wildman–Crippen MR) is 91.0 cm³/mol. The largest absolute Gasteiger partial charge is 0.383 e. The van der Waals surface area contributed by atoms with Gasteiger partial charge in [-0.05, 0) is 19.1 Å². The van der Waals surface area contributed by atoms with E-state index in [-0.39, 0.29) is 17.4 Å². The number of nitrogens with one attached hydrogen (secondary N) is 1. The number of benzene rings is 1. The van der Waals surface area contributed by atoms with Crippen LogP contribution in [0.2, 0.25) is 0 Å². The van der Waals surface area contributed by atoms with Crippen LogP contribution in [0.4, 0.5) is 4.79 Å². The molecule has 0 saturated heterocycles. The maximum Gasteiger partial charge on any atom is 0.318 e. The fourth-order valence-electron chi connectivity index (χ4n) is 2.24. The molecule has 1 aromatic heterocycles. The third-order valence-electron chi connectivity index (χ3n) is 3.22. The number of para-hydroxylation sites is 1. The van der Waals surface area contributed by atoms with Gasteiger partial charge in [0.1, 0.15) is 0 Å². The van der Waals surface area contributed by atoms with Crippen LogP contribution in [-0.4, -0.2) is 41.0 Å². The molecule has 0 aliphatic rings. The predicted octanol–water partition coefficient (Wildman–Crippen LogP) is 0.891. The van der Waals surface area contributed by atoms with E-state index >= 15 is 0 Å². The minimum absolute atomic E-state index is 0.0899. The Balaban J connectivity index is 2.42. The SMILES string of the molecule is COCC(C)n1c(SCC(=O)NC(N)=O)nc2ccccc2c1=O. The Kier molecular flexibility index (Phi) is 5.93. The molecule has 2 rings (SSSR count). The van der Waals surface area contributed by atoms with Crippen molar-refractivity contribution in [3.63, 3.8) is 0 Å². The summed E-state index contributed by atoms with van der Waals surface area (Å²) in [5.41, 5.74) is 5.25. The number of methoxy groups -OCH3 is 1. The molecule has 0 spiro atoms. The molecule has 1 aromatic carbocycles. The molecule has 0 radical (unpaired) electrons. The molecule has 1 unspecified atom stereocenters. The zero-order chi connectivity index (χ0) is 17.7. The Morgan fingerprint density at radius 1 is 1.42 bits per heavy atom. The minimum atomic E-state index is -0.919. The number of thioether (sulfide) groups is 1. The highest BCUT2D eigenvalue weighted by molar-refractivity contribution is 7.99. The Morgan fingerprint density at radius 2 is 2.12 bits per heavy atom. The lowest BCUT2D eigenvalue weighted by atomic mass is 10.2. The topological polar surface area (TPSA) is 116 Å². The number of nitrogens with zero attached hydrogens (tertiary/aromatic N) is 2. The van der Waals surface area contributed by atoms with E-state index in [1.165, 1.54) is 4.57 Å². The van der Waals surface area contributed by atoms with Crippen molar-refractivity contribution in [1.29, 1.82) is 0 Å². The van der Waals surface area contributed by atoms with E-state index in [1.807, 2.05) is 12.2 Å². The summed E-state index contributed by atoms with van der Waals surface area (Å²) < 4.78 is 6.62. The first-order valence-electron chi connectivity index (χ1n) is 7.16. The number of carbonyl (C=O) groups excluding carboxylic acids is 2. The van der Waals surface area contributed by atoms with E-state index < -0.39 is 11.9 Å². The van der Waals surface area contributed by atoms with Crippen molar-refractivity contribution < 1.29 is 14.3 Å². The molecule has 8 nitrogen and oxygen atoms in total. The van der Waals surface area contributed by atoms with Gasteiger partial charge in [-0.2, -0.15) is 0 Å². The van der Waals surface area contributed by atoms with Crippen molar-refractivity contribution in [2.45, 2.75) is 18.1 Å². The molecule has 24 heavy (non-hydrogen) atoms. The van der Waals surface area contributed by atoms with Crippen molar-refractivity contribution in [3.8, 4) is 0 Å². The fourth-order valence-corrected chi connectivity index (χ4v) is 3.13. The van der Waals surface area contributed by atoms with Crippen LogP contribution in [0.3, 0.4) is 0 Å². The highest BCUT2D eigenvalue weighted by atomic mass is 32.2. The Hall–Kier alpha value is -2.39. The van der Waals surface area contributed by atoms with Crippen molar-refractivity contribution >= 4 is 34.6 Å². The second-order valence-electron chi connectivity index (χ2n) is 5.09. The molecule has 0 bridgehead atoms. The van der Waals surface area contributed by atoms with E-state index in [1.54, 1.807) is 31.4 Å². The number of aromatic nitrogens is 2. The molecule has 0 saturated carbocycles. The molecule has 1 heterocycles. The van der Waals surface area contributed by atoms with Gasteiger partial charge in [0.15, 0.2) is 5.16 Å². The van der Waals surface area contributed by atoms with Crippen LogP contribution in [0.25, 0.3) is 10.9 Å². The summed E-state index contributed by atoms with van der Waals surface area (Å²) in [7, 11) is 1.54. The van der Waals surface area contributed by atoms with Crippen LogP contribution in [0.5, 0.6) is 0 Å². The second-order valence-corrected chi connectivity index (χ2v) is 6.03. The zero-order valence-corrected chi connectivity index (χ0v) is 14.1. The maximum atomic E-state index is 12.8. The number of imide groups is 1. The minimum Gasteiger partial charge on any atom is -0.383 e. The summed E-state index contributed by atoms with van der Waals surface area (Å²) >= 11 is 1.06. The Bertz CT molecular complexity index is 821. The van der Waals surface area contributed by atoms with Crippen LogP contribution in [-0.2, 0) is 9.53 Å². The summed E-state index contributed by atoms with van der Waals surface area (Å²) in [5.74, 6) is -0.645. The van der Waals surface area contributed by atoms with Gasteiger partial charge in [-0.3, -0.25) is 19.5 Å². The van der Waals surface area contributed by atoms with Crippen molar-refractivity contribution in [2.75, 3.05) is 19.5 Å². The first kappa shape index (κ1) is 18.0. The number of carbonyl (C=O) groups is 2. The molecule has 0 aliphatic carbocycles. The number of fused-ring (bicyclic) bond motifs is 1. The molecular formula is C15H18N4O4S. The molecule has 0 fully saturated rings. The zero-order valence-electron chi connectivity index (χ0n) is 13.3. The highest BCUT2D eigenvalue weighted by Crippen LogP contribution is 2.21. The van der Waals surface area contributed by atoms with Gasteiger partial charge in [-0.25, -0.2) is 9.78 Å². The molecule has 9 heteroatoms. The van der Waals surface area contributed by atoms with E-state index in [4.69, 9.17) is 10.5 Å². The number of nitrogens with two attached hydrogens (primary N) is 1. The first-order valence-corrected chi connectivity index (χ1v) is 8.15. The van der Waals surface area contributed by atoms with E-state index in [0.717, 1.165) is 11.8 Å². The Labute approximate surface area is 142 Å². The monoisotopic (exact) mass is 350 g/mol.